The van der Waals surface area contributed by atoms with Gasteiger partial charge in [0.1, 0.15) is 0 Å². The number of unbranched alkanes of at least 4 members (excludes halogenated alkanes) is 1. The van der Waals surface area contributed by atoms with Crippen molar-refractivity contribution in [2.75, 3.05) is 33.3 Å². The Hall–Kier alpha value is -0.420. The molecule has 0 saturated heterocycles. The van der Waals surface area contributed by atoms with E-state index in [0.29, 0.717) is 6.04 Å². The van der Waals surface area contributed by atoms with Crippen molar-refractivity contribution in [1.82, 2.24) is 10.2 Å². The van der Waals surface area contributed by atoms with Crippen molar-refractivity contribution < 1.29 is 5.11 Å². The fourth-order valence-corrected chi connectivity index (χ4v) is 2.61. The third-order valence-corrected chi connectivity index (χ3v) is 4.13. The third kappa shape index (κ3) is 6.35. The number of halogens is 1. The van der Waals surface area contributed by atoms with Gasteiger partial charge in [-0.1, -0.05) is 41.4 Å². The van der Waals surface area contributed by atoms with Crippen LogP contribution >= 0.6 is 15.9 Å². The van der Waals surface area contributed by atoms with Gasteiger partial charge in [0.05, 0.1) is 6.61 Å². The second kappa shape index (κ2) is 10.3. The average molecular weight is 343 g/mol. The number of nitrogens with zero attached hydrogens (tertiary/aromatic N) is 1. The number of rotatable bonds is 10. The summed E-state index contributed by atoms with van der Waals surface area (Å²) in [5.74, 6) is 0. The normalized spacial score (nSPS) is 12.8. The molecule has 1 atom stereocenters. The van der Waals surface area contributed by atoms with Crippen LogP contribution in [0.15, 0.2) is 28.7 Å². The molecule has 2 N–H and O–H groups in total. The highest BCUT2D eigenvalue weighted by Gasteiger charge is 2.11. The first-order valence-electron chi connectivity index (χ1n) is 7.47. The molecule has 20 heavy (non-hydrogen) atoms. The van der Waals surface area contributed by atoms with Gasteiger partial charge in [0.2, 0.25) is 0 Å². The summed E-state index contributed by atoms with van der Waals surface area (Å²) in [6.45, 7) is 5.31. The van der Waals surface area contributed by atoms with E-state index in [4.69, 9.17) is 5.11 Å². The van der Waals surface area contributed by atoms with Crippen LogP contribution < -0.4 is 5.32 Å². The van der Waals surface area contributed by atoms with Gasteiger partial charge in [0.15, 0.2) is 0 Å². The lowest BCUT2D eigenvalue weighted by atomic mass is 10.0. The Bertz CT molecular complexity index is 356. The fourth-order valence-electron chi connectivity index (χ4n) is 2.34. The van der Waals surface area contributed by atoms with Crippen molar-refractivity contribution in [3.63, 3.8) is 0 Å². The molecule has 3 nitrogen and oxygen atoms in total. The molecule has 0 aromatic heterocycles. The van der Waals surface area contributed by atoms with Crippen LogP contribution in [-0.4, -0.2) is 43.3 Å². The van der Waals surface area contributed by atoms with Gasteiger partial charge in [0, 0.05) is 23.6 Å². The predicted molar refractivity (Wildman–Crippen MR) is 89.0 cm³/mol. The van der Waals surface area contributed by atoms with Gasteiger partial charge < -0.3 is 15.3 Å². The van der Waals surface area contributed by atoms with Crippen LogP contribution in [0.3, 0.4) is 0 Å². The summed E-state index contributed by atoms with van der Waals surface area (Å²) < 4.78 is 1.11. The molecule has 0 aliphatic rings. The molecule has 0 amide bonds. The minimum absolute atomic E-state index is 0.242. The first kappa shape index (κ1) is 17.6. The van der Waals surface area contributed by atoms with Gasteiger partial charge in [-0.3, -0.25) is 0 Å². The number of nitrogens with one attached hydrogen (secondary N) is 1. The van der Waals surface area contributed by atoms with E-state index in [1.165, 1.54) is 18.4 Å². The molecule has 0 saturated carbocycles. The predicted octanol–water partition coefficient (Wildman–Crippen LogP) is 3.19. The standard InChI is InChI=1S/C16H27BrN2O/c1-3-4-10-19(12-13-20)11-9-16(18-2)14-5-7-15(17)8-6-14/h5-8,16,18,20H,3-4,9-13H2,1-2H3. The minimum atomic E-state index is 0.242. The lowest BCUT2D eigenvalue weighted by Gasteiger charge is -2.24. The van der Waals surface area contributed by atoms with E-state index in [2.05, 4.69) is 57.3 Å². The van der Waals surface area contributed by atoms with Gasteiger partial charge in [-0.15, -0.1) is 0 Å². The summed E-state index contributed by atoms with van der Waals surface area (Å²) in [7, 11) is 2.01. The fraction of sp³-hybridized carbons (Fsp3) is 0.625. The molecule has 1 rings (SSSR count). The largest absolute Gasteiger partial charge is 0.395 e. The van der Waals surface area contributed by atoms with Gasteiger partial charge in [0.25, 0.3) is 0 Å². The van der Waals surface area contributed by atoms with Crippen molar-refractivity contribution in [2.45, 2.75) is 32.2 Å². The zero-order valence-electron chi connectivity index (χ0n) is 12.6. The van der Waals surface area contributed by atoms with Crippen molar-refractivity contribution in [3.05, 3.63) is 34.3 Å². The van der Waals surface area contributed by atoms with Crippen molar-refractivity contribution in [3.8, 4) is 0 Å². The van der Waals surface area contributed by atoms with E-state index in [1.54, 1.807) is 0 Å². The van der Waals surface area contributed by atoms with Crippen molar-refractivity contribution in [2.24, 2.45) is 0 Å². The minimum Gasteiger partial charge on any atom is -0.395 e. The van der Waals surface area contributed by atoms with Crippen LogP contribution in [-0.2, 0) is 0 Å². The lowest BCUT2D eigenvalue weighted by Crippen LogP contribution is -2.31. The molecule has 4 heteroatoms. The van der Waals surface area contributed by atoms with E-state index >= 15 is 0 Å². The Morgan fingerprint density at radius 2 is 1.90 bits per heavy atom. The monoisotopic (exact) mass is 342 g/mol. The van der Waals surface area contributed by atoms with E-state index in [1.807, 2.05) is 7.05 Å². The quantitative estimate of drug-likeness (QED) is 0.685. The van der Waals surface area contributed by atoms with Crippen LogP contribution in [0.25, 0.3) is 0 Å². The Balaban J connectivity index is 2.51. The van der Waals surface area contributed by atoms with E-state index in [0.717, 1.165) is 30.5 Å². The number of hydrogen-bond acceptors (Lipinski definition) is 3. The summed E-state index contributed by atoms with van der Waals surface area (Å²) in [5.41, 5.74) is 1.31. The number of aliphatic hydroxyl groups is 1. The first-order valence-corrected chi connectivity index (χ1v) is 8.26. The Morgan fingerprint density at radius 3 is 2.45 bits per heavy atom. The van der Waals surface area contributed by atoms with E-state index < -0.39 is 0 Å². The zero-order valence-corrected chi connectivity index (χ0v) is 14.2. The van der Waals surface area contributed by atoms with E-state index in [9.17, 15) is 0 Å². The molecule has 114 valence electrons. The topological polar surface area (TPSA) is 35.5 Å². The van der Waals surface area contributed by atoms with Gasteiger partial charge in [-0.25, -0.2) is 0 Å². The maximum absolute atomic E-state index is 9.14. The molecule has 0 aliphatic carbocycles. The molecule has 0 spiro atoms. The molecule has 1 unspecified atom stereocenters. The molecular formula is C16H27BrN2O. The van der Waals surface area contributed by atoms with Crippen molar-refractivity contribution in [1.29, 1.82) is 0 Å². The second-order valence-electron chi connectivity index (χ2n) is 5.10. The Labute approximate surface area is 131 Å². The van der Waals surface area contributed by atoms with E-state index in [-0.39, 0.29) is 6.61 Å². The number of hydrogen-bond donors (Lipinski definition) is 2. The maximum atomic E-state index is 9.14. The average Bonchev–Trinajstić information content (AvgIpc) is 2.47. The van der Waals surface area contributed by atoms with Crippen LogP contribution in [0.5, 0.6) is 0 Å². The SMILES string of the molecule is CCCCN(CCO)CCC(NC)c1ccc(Br)cc1. The molecule has 1 aromatic carbocycles. The number of benzene rings is 1. The van der Waals surface area contributed by atoms with Crippen LogP contribution in [0.1, 0.15) is 37.8 Å². The smallest absolute Gasteiger partial charge is 0.0558 e. The van der Waals surface area contributed by atoms with Gasteiger partial charge >= 0.3 is 0 Å². The zero-order chi connectivity index (χ0) is 14.8. The molecule has 0 heterocycles. The van der Waals surface area contributed by atoms with Crippen molar-refractivity contribution >= 4 is 15.9 Å². The molecule has 0 fully saturated rings. The summed E-state index contributed by atoms with van der Waals surface area (Å²) in [6, 6.07) is 8.86. The second-order valence-corrected chi connectivity index (χ2v) is 6.02. The van der Waals surface area contributed by atoms with Crippen LogP contribution in [0.4, 0.5) is 0 Å². The molecule has 0 radical (unpaired) electrons. The summed E-state index contributed by atoms with van der Waals surface area (Å²) >= 11 is 3.47. The Kier molecular flexibility index (Phi) is 9.10. The van der Waals surface area contributed by atoms with Gasteiger partial charge in [-0.2, -0.15) is 0 Å². The summed E-state index contributed by atoms with van der Waals surface area (Å²) in [6.07, 6.45) is 3.45. The first-order chi connectivity index (χ1) is 9.71. The molecule has 1 aromatic rings. The molecule has 0 bridgehead atoms. The Morgan fingerprint density at radius 1 is 1.20 bits per heavy atom. The molecule has 0 aliphatic heterocycles. The highest BCUT2D eigenvalue weighted by atomic mass is 79.9. The maximum Gasteiger partial charge on any atom is 0.0558 e. The summed E-state index contributed by atoms with van der Waals surface area (Å²) in [5, 5.41) is 12.5. The molecular weight excluding hydrogens is 316 g/mol. The van der Waals surface area contributed by atoms with Crippen LogP contribution in [0, 0.1) is 0 Å². The highest BCUT2D eigenvalue weighted by Crippen LogP contribution is 2.19. The highest BCUT2D eigenvalue weighted by molar-refractivity contribution is 9.10. The number of aliphatic hydroxyl groups excluding tert-OH is 1. The third-order valence-electron chi connectivity index (χ3n) is 3.60. The van der Waals surface area contributed by atoms with Crippen LogP contribution in [0.2, 0.25) is 0 Å². The summed E-state index contributed by atoms with van der Waals surface area (Å²) in [4.78, 5) is 2.35. The lowest BCUT2D eigenvalue weighted by molar-refractivity contribution is 0.188. The van der Waals surface area contributed by atoms with Gasteiger partial charge in [-0.05, 0) is 44.1 Å².